The van der Waals surface area contributed by atoms with Crippen LogP contribution in [0.1, 0.15) is 24.5 Å². The fourth-order valence-electron chi connectivity index (χ4n) is 2.67. The quantitative estimate of drug-likeness (QED) is 0.853. The van der Waals surface area contributed by atoms with Gasteiger partial charge in [0, 0.05) is 24.7 Å². The van der Waals surface area contributed by atoms with Gasteiger partial charge in [0.15, 0.2) is 0 Å². The number of rotatable bonds is 4. The Bertz CT molecular complexity index is 411. The molecule has 4 heteroatoms. The minimum absolute atomic E-state index is 0.138. The fourth-order valence-corrected chi connectivity index (χ4v) is 2.67. The number of benzene rings is 1. The number of likely N-dealkylation sites (tertiary alicyclic amines) is 1. The SMILES string of the molecule is CC1CCN(Cc2cc(CN)ccc2F)C1CO. The molecule has 1 heterocycles. The molecule has 1 aliphatic rings. The first kappa shape index (κ1) is 13.5. The molecule has 3 N–H and O–H groups in total. The van der Waals surface area contributed by atoms with Crippen LogP contribution in [0, 0.1) is 11.7 Å². The third kappa shape index (κ3) is 2.71. The average molecular weight is 252 g/mol. The summed E-state index contributed by atoms with van der Waals surface area (Å²) >= 11 is 0. The Hall–Kier alpha value is -0.970. The van der Waals surface area contributed by atoms with Crippen molar-refractivity contribution >= 4 is 0 Å². The van der Waals surface area contributed by atoms with Crippen molar-refractivity contribution in [2.45, 2.75) is 32.5 Å². The highest BCUT2D eigenvalue weighted by molar-refractivity contribution is 5.25. The molecule has 0 spiro atoms. The van der Waals surface area contributed by atoms with Crippen molar-refractivity contribution in [2.75, 3.05) is 13.2 Å². The second-order valence-electron chi connectivity index (χ2n) is 5.12. The Morgan fingerprint density at radius 2 is 2.28 bits per heavy atom. The van der Waals surface area contributed by atoms with Crippen LogP contribution in [0.3, 0.4) is 0 Å². The predicted molar refractivity (Wildman–Crippen MR) is 69.4 cm³/mol. The maximum Gasteiger partial charge on any atom is 0.127 e. The molecule has 0 radical (unpaired) electrons. The average Bonchev–Trinajstić information content (AvgIpc) is 2.72. The summed E-state index contributed by atoms with van der Waals surface area (Å²) in [5.74, 6) is 0.277. The number of halogens is 1. The molecule has 0 bridgehead atoms. The first-order valence-corrected chi connectivity index (χ1v) is 6.48. The van der Waals surface area contributed by atoms with Gasteiger partial charge < -0.3 is 10.8 Å². The summed E-state index contributed by atoms with van der Waals surface area (Å²) in [5.41, 5.74) is 7.19. The van der Waals surface area contributed by atoms with Crippen LogP contribution in [0.2, 0.25) is 0 Å². The highest BCUT2D eigenvalue weighted by Crippen LogP contribution is 2.26. The Morgan fingerprint density at radius 3 is 2.94 bits per heavy atom. The highest BCUT2D eigenvalue weighted by Gasteiger charge is 2.30. The normalized spacial score (nSPS) is 24.7. The molecule has 1 aromatic rings. The molecule has 1 aliphatic heterocycles. The summed E-state index contributed by atoms with van der Waals surface area (Å²) in [5, 5.41) is 9.40. The lowest BCUT2D eigenvalue weighted by Crippen LogP contribution is -2.34. The van der Waals surface area contributed by atoms with E-state index in [1.54, 1.807) is 6.07 Å². The molecule has 3 nitrogen and oxygen atoms in total. The zero-order valence-electron chi connectivity index (χ0n) is 10.8. The smallest absolute Gasteiger partial charge is 0.127 e. The Balaban J connectivity index is 2.13. The molecule has 1 saturated heterocycles. The molecule has 2 unspecified atom stereocenters. The second kappa shape index (κ2) is 5.78. The van der Waals surface area contributed by atoms with Crippen LogP contribution in [0.15, 0.2) is 18.2 Å². The van der Waals surface area contributed by atoms with E-state index in [0.29, 0.717) is 24.6 Å². The number of hydrogen-bond acceptors (Lipinski definition) is 3. The highest BCUT2D eigenvalue weighted by atomic mass is 19.1. The minimum atomic E-state index is -0.191. The summed E-state index contributed by atoms with van der Waals surface area (Å²) in [7, 11) is 0. The third-order valence-corrected chi connectivity index (χ3v) is 3.90. The van der Waals surface area contributed by atoms with Gasteiger partial charge in [0.05, 0.1) is 6.61 Å². The second-order valence-corrected chi connectivity index (χ2v) is 5.12. The van der Waals surface area contributed by atoms with Crippen LogP contribution >= 0.6 is 0 Å². The van der Waals surface area contributed by atoms with Crippen molar-refractivity contribution in [2.24, 2.45) is 11.7 Å². The summed E-state index contributed by atoms with van der Waals surface area (Å²) < 4.78 is 13.8. The summed E-state index contributed by atoms with van der Waals surface area (Å²) in [6, 6.07) is 5.16. The maximum atomic E-state index is 13.8. The van der Waals surface area contributed by atoms with Gasteiger partial charge in [0.25, 0.3) is 0 Å². The van der Waals surface area contributed by atoms with E-state index in [4.69, 9.17) is 5.73 Å². The van der Waals surface area contributed by atoms with Gasteiger partial charge in [-0.25, -0.2) is 4.39 Å². The molecule has 100 valence electrons. The van der Waals surface area contributed by atoms with Gasteiger partial charge in [0.1, 0.15) is 5.82 Å². The fraction of sp³-hybridized carbons (Fsp3) is 0.571. The molecule has 2 atom stereocenters. The molecular formula is C14H21FN2O. The van der Waals surface area contributed by atoms with E-state index in [0.717, 1.165) is 18.5 Å². The van der Waals surface area contributed by atoms with E-state index in [-0.39, 0.29) is 18.5 Å². The van der Waals surface area contributed by atoms with E-state index in [2.05, 4.69) is 11.8 Å². The standard InChI is InChI=1S/C14H21FN2O/c1-10-4-5-17(14(10)9-18)8-12-6-11(7-16)2-3-13(12)15/h2-3,6,10,14,18H,4-5,7-9,16H2,1H3. The van der Waals surface area contributed by atoms with E-state index in [1.165, 1.54) is 6.07 Å². The van der Waals surface area contributed by atoms with Crippen molar-refractivity contribution in [3.05, 3.63) is 35.1 Å². The Kier molecular flexibility index (Phi) is 4.32. The van der Waals surface area contributed by atoms with E-state index >= 15 is 0 Å². The molecular weight excluding hydrogens is 231 g/mol. The predicted octanol–water partition coefficient (Wildman–Crippen LogP) is 1.49. The van der Waals surface area contributed by atoms with E-state index in [1.807, 2.05) is 6.07 Å². The maximum absolute atomic E-state index is 13.8. The van der Waals surface area contributed by atoms with Gasteiger partial charge >= 0.3 is 0 Å². The van der Waals surface area contributed by atoms with E-state index < -0.39 is 0 Å². The van der Waals surface area contributed by atoms with Gasteiger partial charge in [-0.1, -0.05) is 19.1 Å². The van der Waals surface area contributed by atoms with Gasteiger partial charge in [-0.15, -0.1) is 0 Å². The topological polar surface area (TPSA) is 49.5 Å². The number of aliphatic hydroxyl groups excluding tert-OH is 1. The zero-order valence-corrected chi connectivity index (χ0v) is 10.8. The zero-order chi connectivity index (χ0) is 13.1. The molecule has 2 rings (SSSR count). The van der Waals surface area contributed by atoms with Crippen LogP contribution in [0.4, 0.5) is 4.39 Å². The first-order valence-electron chi connectivity index (χ1n) is 6.48. The lowest BCUT2D eigenvalue weighted by Gasteiger charge is -2.25. The molecule has 0 saturated carbocycles. The molecule has 0 aromatic heterocycles. The number of hydrogen-bond donors (Lipinski definition) is 2. The number of aliphatic hydroxyl groups is 1. The van der Waals surface area contributed by atoms with Crippen molar-refractivity contribution in [1.82, 2.24) is 4.90 Å². The van der Waals surface area contributed by atoms with Gasteiger partial charge in [-0.3, -0.25) is 4.90 Å². The molecule has 1 fully saturated rings. The molecule has 0 aliphatic carbocycles. The van der Waals surface area contributed by atoms with Gasteiger partial charge in [-0.05, 0) is 30.5 Å². The van der Waals surface area contributed by atoms with Crippen LogP contribution < -0.4 is 5.73 Å². The summed E-state index contributed by atoms with van der Waals surface area (Å²) in [6.07, 6.45) is 1.06. The van der Waals surface area contributed by atoms with Crippen LogP contribution in [-0.2, 0) is 13.1 Å². The van der Waals surface area contributed by atoms with Crippen molar-refractivity contribution in [3.8, 4) is 0 Å². The number of nitrogens with two attached hydrogens (primary N) is 1. The first-order chi connectivity index (χ1) is 8.65. The largest absolute Gasteiger partial charge is 0.395 e. The molecule has 18 heavy (non-hydrogen) atoms. The monoisotopic (exact) mass is 252 g/mol. The lowest BCUT2D eigenvalue weighted by molar-refractivity contribution is 0.133. The van der Waals surface area contributed by atoms with Crippen molar-refractivity contribution in [1.29, 1.82) is 0 Å². The lowest BCUT2D eigenvalue weighted by atomic mass is 10.0. The number of nitrogens with zero attached hydrogens (tertiary/aromatic N) is 1. The summed E-state index contributed by atoms with van der Waals surface area (Å²) in [6.45, 7) is 4.16. The van der Waals surface area contributed by atoms with E-state index in [9.17, 15) is 9.50 Å². The van der Waals surface area contributed by atoms with Gasteiger partial charge in [-0.2, -0.15) is 0 Å². The van der Waals surface area contributed by atoms with Crippen LogP contribution in [0.25, 0.3) is 0 Å². The Labute approximate surface area is 107 Å². The molecule has 1 aromatic carbocycles. The van der Waals surface area contributed by atoms with Crippen LogP contribution in [-0.4, -0.2) is 29.2 Å². The van der Waals surface area contributed by atoms with Crippen molar-refractivity contribution < 1.29 is 9.50 Å². The summed E-state index contributed by atoms with van der Waals surface area (Å²) in [4.78, 5) is 2.16. The van der Waals surface area contributed by atoms with Crippen molar-refractivity contribution in [3.63, 3.8) is 0 Å². The van der Waals surface area contributed by atoms with Crippen LogP contribution in [0.5, 0.6) is 0 Å². The minimum Gasteiger partial charge on any atom is -0.395 e. The van der Waals surface area contributed by atoms with Gasteiger partial charge in [0.2, 0.25) is 0 Å². The molecule has 0 amide bonds. The third-order valence-electron chi connectivity index (χ3n) is 3.90. The Morgan fingerprint density at radius 1 is 1.50 bits per heavy atom.